The van der Waals surface area contributed by atoms with E-state index in [1.54, 1.807) is 0 Å². The number of anilines is 1. The van der Waals surface area contributed by atoms with Crippen molar-refractivity contribution in [1.29, 1.82) is 0 Å². The number of carbonyl (C=O) groups excluding carboxylic acids is 1. The molecule has 2 amide bonds. The summed E-state index contributed by atoms with van der Waals surface area (Å²) in [7, 11) is 0. The summed E-state index contributed by atoms with van der Waals surface area (Å²) < 4.78 is 13.2. The summed E-state index contributed by atoms with van der Waals surface area (Å²) in [6.45, 7) is 1.25. The third-order valence-electron chi connectivity index (χ3n) is 2.12. The van der Waals surface area contributed by atoms with Crippen molar-refractivity contribution < 1.29 is 24.0 Å². The Morgan fingerprint density at radius 3 is 2.58 bits per heavy atom. The Bertz CT molecular complexity index is 534. The first-order valence-electron chi connectivity index (χ1n) is 5.05. The van der Waals surface area contributed by atoms with E-state index in [0.29, 0.717) is 0 Å². The lowest BCUT2D eigenvalue weighted by atomic mass is 10.2. The van der Waals surface area contributed by atoms with Crippen LogP contribution in [-0.4, -0.2) is 28.1 Å². The topological polar surface area (TPSA) is 122 Å². The number of aliphatic carboxylic acids is 1. The average Bonchev–Trinajstić information content (AvgIpc) is 2.27. The molecule has 1 atom stereocenters. The Labute approximate surface area is 106 Å². The number of hydrogen-bond acceptors (Lipinski definition) is 4. The standard InChI is InChI=1S/C10H10FN3O5/c1-5(9(15)16)12-10(17)13-6-2-3-8(14(18)19)7(11)4-6/h2-5H,1H3,(H,15,16)(H2,12,13,17)/t5-/m0/s1. The molecule has 0 aliphatic carbocycles. The molecule has 1 rings (SSSR count). The molecule has 0 saturated carbocycles. The quantitative estimate of drug-likeness (QED) is 0.563. The van der Waals surface area contributed by atoms with Crippen LogP contribution >= 0.6 is 0 Å². The van der Waals surface area contributed by atoms with Gasteiger partial charge in [-0.3, -0.25) is 14.9 Å². The zero-order valence-corrected chi connectivity index (χ0v) is 9.71. The fourth-order valence-electron chi connectivity index (χ4n) is 1.16. The molecule has 0 heterocycles. The van der Waals surface area contributed by atoms with Gasteiger partial charge in [-0.25, -0.2) is 4.79 Å². The lowest BCUT2D eigenvalue weighted by Crippen LogP contribution is -2.40. The Balaban J connectivity index is 2.73. The highest BCUT2D eigenvalue weighted by Gasteiger charge is 2.16. The number of carbonyl (C=O) groups is 2. The minimum Gasteiger partial charge on any atom is -0.480 e. The van der Waals surface area contributed by atoms with Gasteiger partial charge in [-0.1, -0.05) is 0 Å². The maximum Gasteiger partial charge on any atom is 0.325 e. The number of nitro benzene ring substituents is 1. The summed E-state index contributed by atoms with van der Waals surface area (Å²) >= 11 is 0. The number of halogens is 1. The van der Waals surface area contributed by atoms with E-state index in [1.165, 1.54) is 6.92 Å². The van der Waals surface area contributed by atoms with E-state index in [9.17, 15) is 24.1 Å². The van der Waals surface area contributed by atoms with Crippen molar-refractivity contribution in [2.45, 2.75) is 13.0 Å². The van der Waals surface area contributed by atoms with Crippen molar-refractivity contribution in [3.63, 3.8) is 0 Å². The highest BCUT2D eigenvalue weighted by atomic mass is 19.1. The van der Waals surface area contributed by atoms with Crippen LogP contribution in [0.3, 0.4) is 0 Å². The highest BCUT2D eigenvalue weighted by molar-refractivity contribution is 5.92. The van der Waals surface area contributed by atoms with Gasteiger partial charge in [-0.15, -0.1) is 0 Å². The van der Waals surface area contributed by atoms with Gasteiger partial charge in [0.25, 0.3) is 0 Å². The van der Waals surface area contributed by atoms with Crippen LogP contribution in [0.5, 0.6) is 0 Å². The summed E-state index contributed by atoms with van der Waals surface area (Å²) in [5.74, 6) is -2.33. The Morgan fingerprint density at radius 2 is 2.11 bits per heavy atom. The number of nitrogens with one attached hydrogen (secondary N) is 2. The van der Waals surface area contributed by atoms with Crippen molar-refractivity contribution in [2.24, 2.45) is 0 Å². The Kier molecular flexibility index (Phi) is 4.35. The van der Waals surface area contributed by atoms with Crippen molar-refractivity contribution in [1.82, 2.24) is 5.32 Å². The van der Waals surface area contributed by atoms with Gasteiger partial charge >= 0.3 is 17.7 Å². The molecule has 1 aromatic rings. The number of carboxylic acid groups (broad SMARTS) is 1. The van der Waals surface area contributed by atoms with Crippen LogP contribution in [0, 0.1) is 15.9 Å². The van der Waals surface area contributed by atoms with E-state index in [4.69, 9.17) is 5.11 Å². The molecule has 9 heteroatoms. The van der Waals surface area contributed by atoms with Crippen molar-refractivity contribution in [2.75, 3.05) is 5.32 Å². The van der Waals surface area contributed by atoms with E-state index in [0.717, 1.165) is 18.2 Å². The van der Waals surface area contributed by atoms with Gasteiger partial charge in [0.15, 0.2) is 0 Å². The molecule has 3 N–H and O–H groups in total. The summed E-state index contributed by atoms with van der Waals surface area (Å²) in [6, 6.07) is 0.812. The molecule has 0 aliphatic rings. The summed E-state index contributed by atoms with van der Waals surface area (Å²) in [5, 5.41) is 23.2. The lowest BCUT2D eigenvalue weighted by molar-refractivity contribution is -0.387. The third-order valence-corrected chi connectivity index (χ3v) is 2.12. The van der Waals surface area contributed by atoms with Crippen molar-refractivity contribution in [3.05, 3.63) is 34.1 Å². The van der Waals surface area contributed by atoms with Crippen LogP contribution in [0.1, 0.15) is 6.92 Å². The van der Waals surface area contributed by atoms with Crippen LogP contribution in [-0.2, 0) is 4.79 Å². The van der Waals surface area contributed by atoms with Gasteiger partial charge < -0.3 is 15.7 Å². The smallest absolute Gasteiger partial charge is 0.325 e. The summed E-state index contributed by atoms with van der Waals surface area (Å²) in [5.41, 5.74) is -0.747. The second-order valence-corrected chi connectivity index (χ2v) is 3.58. The molecular weight excluding hydrogens is 261 g/mol. The molecule has 0 aromatic heterocycles. The number of amides is 2. The molecule has 8 nitrogen and oxygen atoms in total. The van der Waals surface area contributed by atoms with Crippen molar-refractivity contribution >= 4 is 23.4 Å². The molecule has 0 fully saturated rings. The first-order valence-corrected chi connectivity index (χ1v) is 5.05. The maximum atomic E-state index is 13.2. The van der Waals surface area contributed by atoms with Crippen LogP contribution in [0.2, 0.25) is 0 Å². The second-order valence-electron chi connectivity index (χ2n) is 3.58. The molecule has 0 saturated heterocycles. The van der Waals surface area contributed by atoms with Gasteiger partial charge in [0.1, 0.15) is 6.04 Å². The molecule has 19 heavy (non-hydrogen) atoms. The van der Waals surface area contributed by atoms with Gasteiger partial charge in [0.05, 0.1) is 4.92 Å². The number of carboxylic acids is 1. The second kappa shape index (κ2) is 5.76. The van der Waals surface area contributed by atoms with Gasteiger partial charge in [0.2, 0.25) is 5.82 Å². The molecule has 1 aromatic carbocycles. The average molecular weight is 271 g/mol. The van der Waals surface area contributed by atoms with Gasteiger partial charge in [0, 0.05) is 17.8 Å². The van der Waals surface area contributed by atoms with Crippen LogP contribution in [0.25, 0.3) is 0 Å². The van der Waals surface area contributed by atoms with Crippen LogP contribution < -0.4 is 10.6 Å². The molecule has 0 radical (unpaired) electrons. The Hall–Kier alpha value is -2.71. The molecular formula is C10H10FN3O5. The number of nitrogens with zero attached hydrogens (tertiary/aromatic N) is 1. The van der Waals surface area contributed by atoms with Gasteiger partial charge in [-0.2, -0.15) is 4.39 Å². The zero-order chi connectivity index (χ0) is 14.6. The summed E-state index contributed by atoms with van der Waals surface area (Å²) in [4.78, 5) is 31.3. The molecule has 0 spiro atoms. The van der Waals surface area contributed by atoms with Gasteiger partial charge in [-0.05, 0) is 13.0 Å². The minimum absolute atomic E-state index is 0.0295. The summed E-state index contributed by atoms with van der Waals surface area (Å²) in [6.07, 6.45) is 0. The molecule has 0 unspecified atom stereocenters. The minimum atomic E-state index is -1.23. The monoisotopic (exact) mass is 271 g/mol. The molecule has 102 valence electrons. The fourth-order valence-corrected chi connectivity index (χ4v) is 1.16. The Morgan fingerprint density at radius 1 is 1.47 bits per heavy atom. The predicted octanol–water partition coefficient (Wildman–Crippen LogP) is 1.33. The van der Waals surface area contributed by atoms with E-state index >= 15 is 0 Å². The number of urea groups is 1. The fraction of sp³-hybridized carbons (Fsp3) is 0.200. The van der Waals surface area contributed by atoms with E-state index in [1.807, 2.05) is 0 Å². The number of hydrogen-bond donors (Lipinski definition) is 3. The normalized spacial score (nSPS) is 11.5. The molecule has 0 bridgehead atoms. The third kappa shape index (κ3) is 3.91. The van der Waals surface area contributed by atoms with Crippen molar-refractivity contribution in [3.8, 4) is 0 Å². The van der Waals surface area contributed by atoms with E-state index in [2.05, 4.69) is 10.6 Å². The first-order chi connectivity index (χ1) is 8.81. The molecule has 0 aliphatic heterocycles. The lowest BCUT2D eigenvalue weighted by Gasteiger charge is -2.10. The number of nitro groups is 1. The number of benzene rings is 1. The maximum absolute atomic E-state index is 13.2. The highest BCUT2D eigenvalue weighted by Crippen LogP contribution is 2.20. The first kappa shape index (κ1) is 14.4. The number of rotatable bonds is 4. The largest absolute Gasteiger partial charge is 0.480 e. The van der Waals surface area contributed by atoms with E-state index < -0.39 is 34.5 Å². The predicted molar refractivity (Wildman–Crippen MR) is 62.3 cm³/mol. The van der Waals surface area contributed by atoms with E-state index in [-0.39, 0.29) is 5.69 Å². The van der Waals surface area contributed by atoms with Crippen LogP contribution in [0.4, 0.5) is 20.6 Å². The SMILES string of the molecule is C[C@H](NC(=O)Nc1ccc([N+](=O)[O-])c(F)c1)C(=O)O. The van der Waals surface area contributed by atoms with Crippen LogP contribution in [0.15, 0.2) is 18.2 Å². The zero-order valence-electron chi connectivity index (χ0n) is 9.71.